The number of benzene rings is 2. The molecule has 3 heterocycles. The Balaban J connectivity index is 1.52. The molecule has 0 spiro atoms. The summed E-state index contributed by atoms with van der Waals surface area (Å²) >= 11 is 0. The van der Waals surface area contributed by atoms with Crippen LogP contribution >= 0.6 is 0 Å². The second-order valence-corrected chi connectivity index (χ2v) is 13.4. The van der Waals surface area contributed by atoms with Crippen LogP contribution in [-0.2, 0) is 53.9 Å². The topological polar surface area (TPSA) is 310 Å². The smallest absolute Gasteiger partial charge is 0.331 e. The number of aromatic hydroxyl groups is 4. The van der Waals surface area contributed by atoms with Crippen molar-refractivity contribution in [2.45, 2.75) is 106 Å². The van der Waals surface area contributed by atoms with E-state index in [1.807, 2.05) is 0 Å². The number of rotatable bonds is 13. The highest BCUT2D eigenvalue weighted by molar-refractivity contribution is 5.87. The maximum atomic E-state index is 13.4. The van der Waals surface area contributed by atoms with Crippen molar-refractivity contribution in [1.29, 1.82) is 0 Å². The molecular weight excluding hydrogens is 752 g/mol. The van der Waals surface area contributed by atoms with E-state index in [0.29, 0.717) is 5.56 Å². The van der Waals surface area contributed by atoms with Crippen molar-refractivity contribution in [2.24, 2.45) is 0 Å². The van der Waals surface area contributed by atoms with E-state index in [-0.39, 0.29) is 24.3 Å². The van der Waals surface area contributed by atoms with Gasteiger partial charge in [-0.15, -0.1) is 0 Å². The molecule has 0 aromatic heterocycles. The average molecular weight is 799 g/mol. The molecule has 0 bridgehead atoms. The van der Waals surface area contributed by atoms with Gasteiger partial charge >= 0.3 is 11.9 Å². The normalized spacial score (nSPS) is 34.9. The predicted molar refractivity (Wildman–Crippen MR) is 183 cm³/mol. The summed E-state index contributed by atoms with van der Waals surface area (Å²) in [5.74, 6) is -3.48. The van der Waals surface area contributed by atoms with Gasteiger partial charge in [-0.25, -0.2) is 4.79 Å². The van der Waals surface area contributed by atoms with Crippen LogP contribution < -0.4 is 0 Å². The molecule has 310 valence electrons. The Morgan fingerprint density at radius 2 is 1.41 bits per heavy atom. The van der Waals surface area contributed by atoms with Crippen LogP contribution in [0.25, 0.3) is 6.08 Å². The fourth-order valence-corrected chi connectivity index (χ4v) is 6.12. The van der Waals surface area contributed by atoms with Crippen LogP contribution in [0.2, 0.25) is 0 Å². The summed E-state index contributed by atoms with van der Waals surface area (Å²) < 4.78 is 46.7. The molecular formula is C36H46O20. The highest BCUT2D eigenvalue weighted by atomic mass is 16.8. The van der Waals surface area contributed by atoms with Crippen molar-refractivity contribution >= 4 is 18.0 Å². The lowest BCUT2D eigenvalue weighted by Crippen LogP contribution is -2.67. The van der Waals surface area contributed by atoms with E-state index >= 15 is 0 Å². The maximum Gasteiger partial charge on any atom is 0.331 e. The molecule has 20 nitrogen and oxygen atoms in total. The van der Waals surface area contributed by atoms with Crippen molar-refractivity contribution < 1.29 is 98.5 Å². The number of esters is 2. The molecule has 2 aromatic carbocycles. The highest BCUT2D eigenvalue weighted by Crippen LogP contribution is 2.35. The van der Waals surface area contributed by atoms with Gasteiger partial charge in [-0.3, -0.25) is 4.79 Å². The first-order valence-electron chi connectivity index (χ1n) is 17.5. The van der Waals surface area contributed by atoms with Crippen molar-refractivity contribution in [3.05, 3.63) is 53.6 Å². The molecule has 0 aliphatic carbocycles. The number of carbonyl (C=O) groups excluding carboxylic acids is 2. The summed E-state index contributed by atoms with van der Waals surface area (Å²) in [7, 11) is 0. The minimum Gasteiger partial charge on any atom is -0.504 e. The largest absolute Gasteiger partial charge is 0.504 e. The van der Waals surface area contributed by atoms with Crippen LogP contribution in [0.3, 0.4) is 0 Å². The van der Waals surface area contributed by atoms with Gasteiger partial charge in [0, 0.05) is 13.0 Å². The molecule has 3 aliphatic heterocycles. The minimum atomic E-state index is -1.91. The van der Waals surface area contributed by atoms with Crippen molar-refractivity contribution in [3.8, 4) is 23.0 Å². The van der Waals surface area contributed by atoms with Gasteiger partial charge in [0.05, 0.1) is 19.3 Å². The zero-order valence-electron chi connectivity index (χ0n) is 30.1. The molecule has 3 aliphatic rings. The third-order valence-corrected chi connectivity index (χ3v) is 9.26. The zero-order chi connectivity index (χ0) is 40.8. The summed E-state index contributed by atoms with van der Waals surface area (Å²) in [6, 6.07) is 7.77. The quantitative estimate of drug-likeness (QED) is 0.0596. The molecule has 10 N–H and O–H groups in total. The lowest BCUT2D eigenvalue weighted by molar-refractivity contribution is -0.385. The first-order valence-corrected chi connectivity index (χ1v) is 17.5. The molecule has 14 atom stereocenters. The SMILES string of the molecule is CC(=O)OC[C@H]1O[C@@H](OCCc2ccc(O)c(O)c2)[C@H](O[C@H]2OC[C@@H](O)[C@@H](O)[C@@H]2O)[C@@H](O[C@@H]2O[C@@H](C)[C@H](O)[C@@H](O)[C@H]2O)[C@@H]1OC(=O)/C=C/c1ccc(O)c(O)c1. The van der Waals surface area contributed by atoms with Crippen molar-refractivity contribution in [2.75, 3.05) is 19.8 Å². The summed E-state index contributed by atoms with van der Waals surface area (Å²) in [6.07, 6.45) is -20.8. The number of aliphatic hydroxyl groups excluding tert-OH is 6. The maximum absolute atomic E-state index is 13.4. The monoisotopic (exact) mass is 798 g/mol. The van der Waals surface area contributed by atoms with Gasteiger partial charge in [0.1, 0.15) is 61.5 Å². The number of aliphatic hydroxyl groups is 6. The van der Waals surface area contributed by atoms with Crippen LogP contribution in [0, 0.1) is 0 Å². The number of phenolic OH excluding ortho intramolecular Hbond substituents is 4. The Hall–Kier alpha value is -4.16. The zero-order valence-corrected chi connectivity index (χ0v) is 30.1. The number of carbonyl (C=O) groups is 2. The van der Waals surface area contributed by atoms with Gasteiger partial charge in [0.2, 0.25) is 0 Å². The standard InChI is InChI=1S/C36H46O20/c1-15-26(44)28(46)30(48)35(52-15)55-32-31(54-25(43)8-5-17-3-6-19(38)21(40)11-17)24(14-50-16(2)37)53-36(49-10-9-18-4-7-20(39)22(41)12-18)33(32)56-34-29(47)27(45)23(42)13-51-34/h3-8,11-12,15,23-24,26-36,38-42,44-48H,9-10,13-14H2,1-2H3/b8-5+/t15-,23+,24+,26-,27+,28+,29-,30+,31+,32-,33+,34+,35-,36+/m0/s1. The molecule has 5 rings (SSSR count). The molecule has 0 saturated carbocycles. The molecule has 20 heteroatoms. The summed E-state index contributed by atoms with van der Waals surface area (Å²) in [6.45, 7) is 1.18. The lowest BCUT2D eigenvalue weighted by atomic mass is 9.96. The lowest BCUT2D eigenvalue weighted by Gasteiger charge is -2.49. The van der Waals surface area contributed by atoms with Crippen molar-refractivity contribution in [1.82, 2.24) is 0 Å². The van der Waals surface area contributed by atoms with E-state index in [1.165, 1.54) is 43.3 Å². The Morgan fingerprint density at radius 3 is 2.09 bits per heavy atom. The second-order valence-electron chi connectivity index (χ2n) is 13.4. The Labute approximate surface area is 319 Å². The first-order chi connectivity index (χ1) is 26.5. The van der Waals surface area contributed by atoms with Gasteiger partial charge < -0.3 is 89.0 Å². The van der Waals surface area contributed by atoms with E-state index in [9.17, 15) is 60.7 Å². The van der Waals surface area contributed by atoms with E-state index in [2.05, 4.69) is 0 Å². The molecule has 2 aromatic rings. The average Bonchev–Trinajstić information content (AvgIpc) is 3.16. The number of ether oxygens (including phenoxy) is 8. The van der Waals surface area contributed by atoms with Gasteiger partial charge in [-0.1, -0.05) is 12.1 Å². The van der Waals surface area contributed by atoms with Gasteiger partial charge in [-0.2, -0.15) is 0 Å². The molecule has 0 radical (unpaired) electrons. The second kappa shape index (κ2) is 18.9. The Kier molecular flexibility index (Phi) is 14.5. The summed E-state index contributed by atoms with van der Waals surface area (Å²) in [5, 5.41) is 102. The summed E-state index contributed by atoms with van der Waals surface area (Å²) in [5.41, 5.74) is 0.768. The molecule has 0 unspecified atom stereocenters. The molecule has 3 fully saturated rings. The van der Waals surface area contributed by atoms with E-state index < -0.39 is 128 Å². The van der Waals surface area contributed by atoms with E-state index in [1.54, 1.807) is 0 Å². The number of hydrogen-bond acceptors (Lipinski definition) is 20. The molecule has 56 heavy (non-hydrogen) atoms. The van der Waals surface area contributed by atoms with Crippen LogP contribution in [0.1, 0.15) is 25.0 Å². The fraction of sp³-hybridized carbons (Fsp3) is 0.556. The van der Waals surface area contributed by atoms with Crippen LogP contribution in [0.4, 0.5) is 0 Å². The third-order valence-electron chi connectivity index (χ3n) is 9.26. The summed E-state index contributed by atoms with van der Waals surface area (Å²) in [4.78, 5) is 25.4. The van der Waals surface area contributed by atoms with Crippen LogP contribution in [0.15, 0.2) is 42.5 Å². The van der Waals surface area contributed by atoms with Gasteiger partial charge in [0.15, 0.2) is 48.0 Å². The van der Waals surface area contributed by atoms with Crippen molar-refractivity contribution in [3.63, 3.8) is 0 Å². The number of hydrogen-bond donors (Lipinski definition) is 10. The number of phenols is 4. The third kappa shape index (κ3) is 10.4. The van der Waals surface area contributed by atoms with Gasteiger partial charge in [0.25, 0.3) is 0 Å². The van der Waals surface area contributed by atoms with Crippen LogP contribution in [-0.4, -0.2) is 169 Å². The molecule has 3 saturated heterocycles. The Morgan fingerprint density at radius 1 is 0.750 bits per heavy atom. The highest BCUT2D eigenvalue weighted by Gasteiger charge is 2.55. The van der Waals surface area contributed by atoms with Gasteiger partial charge in [-0.05, 0) is 54.8 Å². The fourth-order valence-electron chi connectivity index (χ4n) is 6.12. The molecule has 0 amide bonds. The van der Waals surface area contributed by atoms with E-state index in [4.69, 9.17) is 37.9 Å². The predicted octanol–water partition coefficient (Wildman–Crippen LogP) is -1.98. The van der Waals surface area contributed by atoms with E-state index in [0.717, 1.165) is 19.1 Å². The minimum absolute atomic E-state index is 0.0933. The first kappa shape index (κ1) is 43.0. The Bertz CT molecular complexity index is 1670. The van der Waals surface area contributed by atoms with Crippen LogP contribution in [0.5, 0.6) is 23.0 Å².